The van der Waals surface area contributed by atoms with Crippen LogP contribution in [0.15, 0.2) is 114 Å². The second-order valence-electron chi connectivity index (χ2n) is 17.2. The second kappa shape index (κ2) is 32.7. The lowest BCUT2D eigenvalue weighted by atomic mass is 10.2. The van der Waals surface area contributed by atoms with E-state index in [1.165, 1.54) is 20.9 Å². The Hall–Kier alpha value is -6.86. The van der Waals surface area contributed by atoms with Crippen LogP contribution in [0.4, 0.5) is 11.9 Å². The molecule has 5 heterocycles. The number of halogens is 5. The van der Waals surface area contributed by atoms with Gasteiger partial charge in [0.2, 0.25) is 29.6 Å². The number of aromatic nitrogens is 6. The van der Waals surface area contributed by atoms with E-state index in [1.54, 1.807) is 74.9 Å². The van der Waals surface area contributed by atoms with E-state index in [0.717, 1.165) is 25.4 Å². The Morgan fingerprint density at radius 1 is 0.598 bits per heavy atom. The normalized spacial score (nSPS) is 13.0. The summed E-state index contributed by atoms with van der Waals surface area (Å²) in [5.74, 6) is 2.16. The van der Waals surface area contributed by atoms with Crippen molar-refractivity contribution in [2.75, 3.05) is 70.4 Å². The van der Waals surface area contributed by atoms with Gasteiger partial charge in [-0.3, -0.25) is 33.5 Å². The van der Waals surface area contributed by atoms with E-state index in [0.29, 0.717) is 99.2 Å². The topological polar surface area (TPSA) is 306 Å². The highest BCUT2D eigenvalue weighted by Gasteiger charge is 2.18. The highest BCUT2D eigenvalue weighted by Crippen LogP contribution is 2.24. The molecule has 0 radical (unpaired) electrons. The third kappa shape index (κ3) is 19.7. The average Bonchev–Trinajstić information content (AvgIpc) is 4.27. The maximum absolute atomic E-state index is 13.5. The largest absolute Gasteiger partial charge is 0.497 e. The van der Waals surface area contributed by atoms with E-state index in [2.05, 4.69) is 64.1 Å². The molecule has 0 spiro atoms. The molecule has 4 aromatic carbocycles. The number of rotatable bonds is 18. The first-order chi connectivity index (χ1) is 38.9. The molecule has 8 N–H and O–H groups in total. The summed E-state index contributed by atoms with van der Waals surface area (Å²) in [4.78, 5) is 100. The molecule has 3 amide bonds. The molecule has 436 valence electrons. The predicted octanol–water partition coefficient (Wildman–Crippen LogP) is 4.17. The minimum atomic E-state index is -0.688. The minimum absolute atomic E-state index is 0. The van der Waals surface area contributed by atoms with E-state index in [-0.39, 0.29) is 86.3 Å². The van der Waals surface area contributed by atoms with E-state index in [9.17, 15) is 33.6 Å². The molecule has 1 saturated heterocycles. The SMILES string of the molecule is COc1ccc(Cn2c(NCCCC3=NCC(=O)N3)nc(=O)n(Cc3ccc(Cl)c(Cl)c3)c2=O)cc1.COc1ccc(Cn2c(NCCN)nc(=O)n(Cc3ccc(Cl)c(Cl)c3)c2=O)cc1.CSC1=NCC(=O)N1.I.O=C1CNC(=S)N1. The first-order valence-electron chi connectivity index (χ1n) is 24.4. The summed E-state index contributed by atoms with van der Waals surface area (Å²) in [5, 5.41) is 19.0. The number of aliphatic imine (C=N–C) groups is 2. The summed E-state index contributed by atoms with van der Waals surface area (Å²) in [6.45, 7) is 2.28. The number of amidine groups is 2. The van der Waals surface area contributed by atoms with Gasteiger partial charge in [0.25, 0.3) is 0 Å². The number of carbonyl (C=O) groups excluding carboxylic acids is 3. The van der Waals surface area contributed by atoms with Crippen molar-refractivity contribution in [2.45, 2.75) is 39.0 Å². The zero-order valence-corrected chi connectivity index (χ0v) is 51.1. The van der Waals surface area contributed by atoms with Gasteiger partial charge in [-0.25, -0.2) is 28.3 Å². The van der Waals surface area contributed by atoms with Crippen molar-refractivity contribution in [3.05, 3.63) is 169 Å². The number of methoxy groups -OCH3 is 2. The Morgan fingerprint density at radius 3 is 1.40 bits per heavy atom. The van der Waals surface area contributed by atoms with Crippen LogP contribution in [0.5, 0.6) is 11.5 Å². The molecule has 6 aromatic rings. The van der Waals surface area contributed by atoms with Gasteiger partial charge in [0, 0.05) is 26.1 Å². The molecule has 0 saturated carbocycles. The molecule has 0 bridgehead atoms. The van der Waals surface area contributed by atoms with Crippen molar-refractivity contribution in [1.82, 2.24) is 49.5 Å². The molecular formula is C51H56Cl4IN15O9S2. The summed E-state index contributed by atoms with van der Waals surface area (Å²) in [6, 6.07) is 24.4. The molecule has 0 aliphatic carbocycles. The Labute approximate surface area is 515 Å². The zero-order valence-electron chi connectivity index (χ0n) is 44.1. The van der Waals surface area contributed by atoms with Gasteiger partial charge in [0.15, 0.2) is 10.3 Å². The van der Waals surface area contributed by atoms with Crippen molar-refractivity contribution >= 4 is 140 Å². The number of carbonyl (C=O) groups is 3. The summed E-state index contributed by atoms with van der Waals surface area (Å²) in [5.41, 5.74) is 6.13. The van der Waals surface area contributed by atoms with Gasteiger partial charge in [-0.05, 0) is 95.7 Å². The summed E-state index contributed by atoms with van der Waals surface area (Å²) >= 11 is 30.1. The van der Waals surface area contributed by atoms with Crippen LogP contribution in [0.1, 0.15) is 35.1 Å². The highest BCUT2D eigenvalue weighted by molar-refractivity contribution is 14.0. The number of hydrogen-bond acceptors (Lipinski definition) is 18. The molecule has 82 heavy (non-hydrogen) atoms. The van der Waals surface area contributed by atoms with Crippen LogP contribution in [-0.4, -0.2) is 122 Å². The van der Waals surface area contributed by atoms with Crippen molar-refractivity contribution in [2.24, 2.45) is 15.7 Å². The first kappa shape index (κ1) is 65.9. The third-order valence-corrected chi connectivity index (χ3v) is 13.8. The van der Waals surface area contributed by atoms with Crippen molar-refractivity contribution in [3.8, 4) is 11.5 Å². The predicted molar refractivity (Wildman–Crippen MR) is 335 cm³/mol. The third-order valence-electron chi connectivity index (χ3n) is 11.4. The van der Waals surface area contributed by atoms with Crippen LogP contribution in [0.3, 0.4) is 0 Å². The summed E-state index contributed by atoms with van der Waals surface area (Å²) < 4.78 is 15.3. The van der Waals surface area contributed by atoms with Crippen LogP contribution >= 0.6 is 94.4 Å². The van der Waals surface area contributed by atoms with E-state index < -0.39 is 22.8 Å². The number of nitrogens with one attached hydrogen (secondary N) is 6. The van der Waals surface area contributed by atoms with Crippen molar-refractivity contribution < 1.29 is 23.9 Å². The quantitative estimate of drug-likeness (QED) is 0.0361. The number of nitrogens with two attached hydrogens (primary N) is 1. The zero-order chi connectivity index (χ0) is 58.6. The minimum Gasteiger partial charge on any atom is -0.497 e. The van der Waals surface area contributed by atoms with Crippen LogP contribution < -0.4 is 69.9 Å². The maximum Gasteiger partial charge on any atom is 0.355 e. The Bertz CT molecular complexity index is 3550. The van der Waals surface area contributed by atoms with Crippen LogP contribution in [0.25, 0.3) is 0 Å². The monoisotopic (exact) mass is 1350 g/mol. The standard InChI is InChI=1S/C24H24Cl2N6O4.C20H21Cl2N5O3.C4H6N2OS.C3H4N2OS.HI/c1-36-17-7-4-15(5-8-17)13-31-22(27-10-2-3-20-28-12-21(33)29-20)30-23(34)32(24(31)35)14-16-6-9-18(25)19(26)11-16;1-30-15-5-2-13(3-6-15)11-26-18(24-9-8-23)25-19(28)27(20(26)29)12-14-4-7-16(21)17(22)10-14;1-8-4-5-2-3(7)6-4;6-2-1-4-3(7)5-2;/h4-9,11H,2-3,10,12-14H2,1H3,(H,27,30,34)(H,28,29,33);2-7,10H,8-9,11-12,23H2,1H3,(H,24,25,28);2H2,1H3,(H,5,6,7);1H2,(H2,4,5,6,7);1H. The van der Waals surface area contributed by atoms with Crippen LogP contribution in [-0.2, 0) is 40.6 Å². The molecular weight excluding hydrogens is 1300 g/mol. The number of nitrogens with zero attached hydrogens (tertiary/aromatic N) is 8. The first-order valence-corrected chi connectivity index (χ1v) is 27.6. The number of ether oxygens (including phenoxy) is 2. The number of amides is 3. The van der Waals surface area contributed by atoms with Crippen LogP contribution in [0, 0.1) is 0 Å². The number of anilines is 2. The fraction of sp³-hybridized carbons (Fsp3) is 0.294. The lowest BCUT2D eigenvalue weighted by Gasteiger charge is -2.16. The van der Waals surface area contributed by atoms with Crippen molar-refractivity contribution in [3.63, 3.8) is 0 Å². The molecule has 0 atom stereocenters. The van der Waals surface area contributed by atoms with E-state index in [1.807, 2.05) is 30.5 Å². The molecule has 1 fully saturated rings. The Balaban J connectivity index is 0.000000239. The van der Waals surface area contributed by atoms with Gasteiger partial charge in [0.05, 0.1) is 67.0 Å². The van der Waals surface area contributed by atoms with Crippen molar-refractivity contribution in [1.29, 1.82) is 0 Å². The number of hydrogen-bond donors (Lipinski definition) is 7. The fourth-order valence-electron chi connectivity index (χ4n) is 7.37. The maximum atomic E-state index is 13.5. The molecule has 31 heteroatoms. The van der Waals surface area contributed by atoms with Crippen LogP contribution in [0.2, 0.25) is 20.1 Å². The molecule has 24 nitrogen and oxygen atoms in total. The number of thioether (sulfide) groups is 1. The Kier molecular flexibility index (Phi) is 26.3. The lowest BCUT2D eigenvalue weighted by Crippen LogP contribution is -2.43. The second-order valence-corrected chi connectivity index (χ2v) is 20.0. The highest BCUT2D eigenvalue weighted by atomic mass is 127. The van der Waals surface area contributed by atoms with Gasteiger partial charge in [0.1, 0.15) is 30.4 Å². The lowest BCUT2D eigenvalue weighted by molar-refractivity contribution is -0.118. The Morgan fingerprint density at radius 2 is 1.05 bits per heavy atom. The van der Waals surface area contributed by atoms with Gasteiger partial charge >= 0.3 is 22.8 Å². The van der Waals surface area contributed by atoms with E-state index in [4.69, 9.17) is 61.6 Å². The summed E-state index contributed by atoms with van der Waals surface area (Å²) in [7, 11) is 3.16. The smallest absolute Gasteiger partial charge is 0.355 e. The number of benzene rings is 4. The molecule has 3 aliphatic heterocycles. The van der Waals surface area contributed by atoms with Gasteiger partial charge in [-0.15, -0.1) is 24.0 Å². The fourth-order valence-corrected chi connectivity index (χ4v) is 8.61. The van der Waals surface area contributed by atoms with Gasteiger partial charge < -0.3 is 47.1 Å². The number of thiocarbonyl (C=S) groups is 1. The van der Waals surface area contributed by atoms with Gasteiger partial charge in [-0.2, -0.15) is 9.97 Å². The molecule has 2 aromatic heterocycles. The average molecular weight is 1360 g/mol. The molecule has 9 rings (SSSR count). The summed E-state index contributed by atoms with van der Waals surface area (Å²) in [6.07, 6.45) is 3.05. The van der Waals surface area contributed by atoms with Gasteiger partial charge in [-0.1, -0.05) is 94.6 Å². The van der Waals surface area contributed by atoms with E-state index >= 15 is 0 Å². The molecule has 0 unspecified atom stereocenters. The molecule has 3 aliphatic rings.